The van der Waals surface area contributed by atoms with Crippen LogP contribution < -0.4 is 10.6 Å². The van der Waals surface area contributed by atoms with Gasteiger partial charge in [-0.2, -0.15) is 0 Å². The number of nitrogens with one attached hydrogen (secondary N) is 2. The van der Waals surface area contributed by atoms with Gasteiger partial charge in [0, 0.05) is 17.1 Å². The lowest BCUT2D eigenvalue weighted by Crippen LogP contribution is -2.43. The second kappa shape index (κ2) is 6.03. The molecule has 0 fully saturated rings. The molecule has 1 aromatic carbocycles. The molecule has 0 aliphatic carbocycles. The van der Waals surface area contributed by atoms with Gasteiger partial charge < -0.3 is 10.6 Å². The van der Waals surface area contributed by atoms with Crippen molar-refractivity contribution in [2.45, 2.75) is 32.9 Å². The maximum atomic E-state index is 11.6. The molecule has 1 aromatic rings. The van der Waals surface area contributed by atoms with Crippen molar-refractivity contribution in [3.8, 4) is 0 Å². The monoisotopic (exact) mass is 254 g/mol. The predicted octanol–water partition coefficient (Wildman–Crippen LogP) is 2.34. The molecule has 0 radical (unpaired) electrons. The van der Waals surface area contributed by atoms with E-state index in [-0.39, 0.29) is 11.4 Å². The Kier molecular flexibility index (Phi) is 4.97. The van der Waals surface area contributed by atoms with E-state index in [0.717, 1.165) is 5.56 Å². The van der Waals surface area contributed by atoms with E-state index < -0.39 is 0 Å². The first-order valence-electron chi connectivity index (χ1n) is 5.63. The standard InChI is InChI=1S/C13H19ClN2O/c1-13(2,3)16-9-12(17)15-8-10-6-4-5-7-11(10)14/h4-7,16H,8-9H2,1-3H3,(H,15,17). The molecule has 0 atom stereocenters. The third-order valence-corrected chi connectivity index (χ3v) is 2.58. The Hall–Kier alpha value is -1.06. The van der Waals surface area contributed by atoms with Crippen molar-refractivity contribution < 1.29 is 4.79 Å². The highest BCUT2D eigenvalue weighted by Crippen LogP contribution is 2.14. The molecule has 0 saturated carbocycles. The van der Waals surface area contributed by atoms with Crippen molar-refractivity contribution in [2.24, 2.45) is 0 Å². The lowest BCUT2D eigenvalue weighted by atomic mass is 10.1. The van der Waals surface area contributed by atoms with E-state index in [1.807, 2.05) is 45.0 Å². The number of hydrogen-bond donors (Lipinski definition) is 2. The summed E-state index contributed by atoms with van der Waals surface area (Å²) in [5, 5.41) is 6.63. The summed E-state index contributed by atoms with van der Waals surface area (Å²) in [6.45, 7) is 6.84. The molecule has 0 spiro atoms. The van der Waals surface area contributed by atoms with Gasteiger partial charge >= 0.3 is 0 Å². The maximum Gasteiger partial charge on any atom is 0.234 e. The van der Waals surface area contributed by atoms with Crippen LogP contribution in [0.25, 0.3) is 0 Å². The predicted molar refractivity (Wildman–Crippen MR) is 71.1 cm³/mol. The van der Waals surface area contributed by atoms with Crippen LogP contribution in [0.15, 0.2) is 24.3 Å². The SMILES string of the molecule is CC(C)(C)NCC(=O)NCc1ccccc1Cl. The maximum absolute atomic E-state index is 11.6. The fraction of sp³-hybridized carbons (Fsp3) is 0.462. The summed E-state index contributed by atoms with van der Waals surface area (Å²) >= 11 is 5.99. The topological polar surface area (TPSA) is 41.1 Å². The number of rotatable bonds is 4. The Morgan fingerprint density at radius 3 is 2.53 bits per heavy atom. The lowest BCUT2D eigenvalue weighted by Gasteiger charge is -2.20. The van der Waals surface area contributed by atoms with Crippen LogP contribution in [-0.2, 0) is 11.3 Å². The smallest absolute Gasteiger partial charge is 0.234 e. The fourth-order valence-electron chi connectivity index (χ4n) is 1.24. The van der Waals surface area contributed by atoms with Crippen molar-refractivity contribution in [2.75, 3.05) is 6.54 Å². The second-order valence-electron chi connectivity index (χ2n) is 4.97. The molecule has 17 heavy (non-hydrogen) atoms. The minimum atomic E-state index is -0.0538. The number of carbonyl (C=O) groups excluding carboxylic acids is 1. The van der Waals surface area contributed by atoms with Gasteiger partial charge in [-0.15, -0.1) is 0 Å². The Morgan fingerprint density at radius 1 is 1.29 bits per heavy atom. The molecule has 0 bridgehead atoms. The van der Waals surface area contributed by atoms with E-state index in [9.17, 15) is 4.79 Å². The number of halogens is 1. The van der Waals surface area contributed by atoms with Gasteiger partial charge in [-0.25, -0.2) is 0 Å². The Morgan fingerprint density at radius 2 is 1.94 bits per heavy atom. The van der Waals surface area contributed by atoms with Gasteiger partial charge in [-0.3, -0.25) is 4.79 Å². The van der Waals surface area contributed by atoms with E-state index >= 15 is 0 Å². The molecule has 0 aliphatic rings. The third kappa shape index (κ3) is 5.71. The fourth-order valence-corrected chi connectivity index (χ4v) is 1.45. The molecule has 0 unspecified atom stereocenters. The Bertz CT molecular complexity index is 385. The lowest BCUT2D eigenvalue weighted by molar-refractivity contribution is -0.120. The molecule has 0 aromatic heterocycles. The number of benzene rings is 1. The largest absolute Gasteiger partial charge is 0.351 e. The zero-order valence-electron chi connectivity index (χ0n) is 10.5. The molecule has 2 N–H and O–H groups in total. The normalized spacial score (nSPS) is 11.3. The van der Waals surface area contributed by atoms with Crippen molar-refractivity contribution in [1.29, 1.82) is 0 Å². The van der Waals surface area contributed by atoms with Gasteiger partial charge in [0.25, 0.3) is 0 Å². The summed E-state index contributed by atoms with van der Waals surface area (Å²) in [5.41, 5.74) is 0.875. The summed E-state index contributed by atoms with van der Waals surface area (Å²) in [7, 11) is 0. The number of amides is 1. The van der Waals surface area contributed by atoms with Gasteiger partial charge in [0.15, 0.2) is 0 Å². The summed E-state index contributed by atoms with van der Waals surface area (Å²) < 4.78 is 0. The molecule has 0 aliphatic heterocycles. The molecule has 4 heteroatoms. The average molecular weight is 255 g/mol. The summed E-state index contributed by atoms with van der Waals surface area (Å²) in [4.78, 5) is 11.6. The number of carbonyl (C=O) groups is 1. The molecular weight excluding hydrogens is 236 g/mol. The van der Waals surface area contributed by atoms with Crippen LogP contribution in [0.1, 0.15) is 26.3 Å². The van der Waals surface area contributed by atoms with E-state index in [0.29, 0.717) is 18.1 Å². The van der Waals surface area contributed by atoms with Gasteiger partial charge in [0.05, 0.1) is 6.54 Å². The van der Waals surface area contributed by atoms with Crippen molar-refractivity contribution in [1.82, 2.24) is 10.6 Å². The number of hydrogen-bond acceptors (Lipinski definition) is 2. The van der Waals surface area contributed by atoms with Crippen LogP contribution >= 0.6 is 11.6 Å². The van der Waals surface area contributed by atoms with Crippen LogP contribution in [0.5, 0.6) is 0 Å². The minimum absolute atomic E-state index is 0.0279. The molecule has 3 nitrogen and oxygen atoms in total. The summed E-state index contributed by atoms with van der Waals surface area (Å²) in [5.74, 6) is -0.0279. The van der Waals surface area contributed by atoms with Crippen molar-refractivity contribution in [3.05, 3.63) is 34.9 Å². The van der Waals surface area contributed by atoms with Gasteiger partial charge in [0.1, 0.15) is 0 Å². The van der Waals surface area contributed by atoms with Gasteiger partial charge in [0.2, 0.25) is 5.91 Å². The molecule has 0 heterocycles. The second-order valence-corrected chi connectivity index (χ2v) is 5.38. The minimum Gasteiger partial charge on any atom is -0.351 e. The highest BCUT2D eigenvalue weighted by Gasteiger charge is 2.11. The third-order valence-electron chi connectivity index (χ3n) is 2.21. The van der Waals surface area contributed by atoms with Gasteiger partial charge in [-0.1, -0.05) is 29.8 Å². The first kappa shape index (κ1) is 14.0. The van der Waals surface area contributed by atoms with E-state index in [1.54, 1.807) is 0 Å². The first-order chi connectivity index (χ1) is 7.88. The summed E-state index contributed by atoms with van der Waals surface area (Å²) in [6, 6.07) is 7.49. The van der Waals surface area contributed by atoms with E-state index in [2.05, 4.69) is 10.6 Å². The van der Waals surface area contributed by atoms with Crippen LogP contribution in [0.4, 0.5) is 0 Å². The molecule has 1 amide bonds. The quantitative estimate of drug-likeness (QED) is 0.866. The van der Waals surface area contributed by atoms with Crippen LogP contribution in [0.2, 0.25) is 5.02 Å². The Labute approximate surface area is 108 Å². The highest BCUT2D eigenvalue weighted by molar-refractivity contribution is 6.31. The van der Waals surface area contributed by atoms with Crippen LogP contribution in [-0.4, -0.2) is 18.0 Å². The van der Waals surface area contributed by atoms with Crippen molar-refractivity contribution in [3.63, 3.8) is 0 Å². The Balaban J connectivity index is 2.36. The highest BCUT2D eigenvalue weighted by atomic mass is 35.5. The summed E-state index contributed by atoms with van der Waals surface area (Å²) in [6.07, 6.45) is 0. The molecular formula is C13H19ClN2O. The van der Waals surface area contributed by atoms with Gasteiger partial charge in [-0.05, 0) is 32.4 Å². The first-order valence-corrected chi connectivity index (χ1v) is 6.01. The average Bonchev–Trinajstić information content (AvgIpc) is 2.24. The van der Waals surface area contributed by atoms with Crippen LogP contribution in [0, 0.1) is 0 Å². The molecule has 1 rings (SSSR count). The van der Waals surface area contributed by atoms with E-state index in [1.165, 1.54) is 0 Å². The van der Waals surface area contributed by atoms with E-state index in [4.69, 9.17) is 11.6 Å². The zero-order valence-corrected chi connectivity index (χ0v) is 11.3. The zero-order chi connectivity index (χ0) is 12.9. The molecule has 94 valence electrons. The van der Waals surface area contributed by atoms with Crippen molar-refractivity contribution >= 4 is 17.5 Å². The molecule has 0 saturated heterocycles. The van der Waals surface area contributed by atoms with Crippen LogP contribution in [0.3, 0.4) is 0 Å².